The number of carbonyl (C=O) groups excluding carboxylic acids is 3. The molecule has 10 nitrogen and oxygen atoms in total. The average molecular weight is 412 g/mol. The van der Waals surface area contributed by atoms with Crippen molar-refractivity contribution in [1.82, 2.24) is 10.2 Å². The summed E-state index contributed by atoms with van der Waals surface area (Å²) in [4.78, 5) is 49.4. The first-order chi connectivity index (χ1) is 14.3. The molecule has 2 aromatic rings. The summed E-state index contributed by atoms with van der Waals surface area (Å²) in [6.07, 6.45) is 0.295. The highest BCUT2D eigenvalue weighted by molar-refractivity contribution is 6.10. The van der Waals surface area contributed by atoms with Gasteiger partial charge in [-0.2, -0.15) is 0 Å². The fourth-order valence-corrected chi connectivity index (χ4v) is 3.36. The number of nitro benzene ring substituents is 1. The Morgan fingerprint density at radius 2 is 1.93 bits per heavy atom. The second-order valence-electron chi connectivity index (χ2n) is 6.63. The quantitative estimate of drug-likeness (QED) is 0.408. The molecule has 0 aliphatic carbocycles. The maximum Gasteiger partial charge on any atom is 0.325 e. The van der Waals surface area contributed by atoms with Crippen molar-refractivity contribution in [3.05, 3.63) is 64.2 Å². The molecular formula is C20H20N4O6. The summed E-state index contributed by atoms with van der Waals surface area (Å²) in [6, 6.07) is 12.0. The van der Waals surface area contributed by atoms with E-state index in [0.717, 1.165) is 4.90 Å². The molecular weight excluding hydrogens is 392 g/mol. The lowest BCUT2D eigenvalue weighted by atomic mass is 9.87. The molecule has 3 rings (SSSR count). The number of ether oxygens (including phenoxy) is 1. The van der Waals surface area contributed by atoms with Crippen molar-refractivity contribution in [2.75, 3.05) is 19.0 Å². The zero-order chi connectivity index (χ0) is 21.9. The molecule has 0 saturated carbocycles. The number of hydrogen-bond donors (Lipinski definition) is 2. The summed E-state index contributed by atoms with van der Waals surface area (Å²) in [5, 5.41) is 16.3. The minimum absolute atomic E-state index is 0.0670. The Morgan fingerprint density at radius 1 is 1.23 bits per heavy atom. The van der Waals surface area contributed by atoms with E-state index in [1.807, 2.05) is 0 Å². The molecule has 0 spiro atoms. The van der Waals surface area contributed by atoms with Crippen molar-refractivity contribution < 1.29 is 24.0 Å². The van der Waals surface area contributed by atoms with Gasteiger partial charge in [0.15, 0.2) is 0 Å². The number of rotatable bonds is 7. The van der Waals surface area contributed by atoms with Crippen molar-refractivity contribution >= 4 is 29.2 Å². The lowest BCUT2D eigenvalue weighted by Crippen LogP contribution is -2.44. The average Bonchev–Trinajstić information content (AvgIpc) is 2.99. The number of methoxy groups -OCH3 is 1. The van der Waals surface area contributed by atoms with Crippen LogP contribution in [-0.4, -0.2) is 41.3 Å². The molecule has 0 unspecified atom stereocenters. The van der Waals surface area contributed by atoms with E-state index in [-0.39, 0.29) is 17.1 Å². The van der Waals surface area contributed by atoms with Crippen LogP contribution >= 0.6 is 0 Å². The molecule has 10 heteroatoms. The molecule has 0 aromatic heterocycles. The van der Waals surface area contributed by atoms with E-state index in [0.29, 0.717) is 12.0 Å². The molecule has 2 aromatic carbocycles. The highest BCUT2D eigenvalue weighted by Crippen LogP contribution is 2.33. The van der Waals surface area contributed by atoms with Crippen LogP contribution in [0.1, 0.15) is 18.9 Å². The van der Waals surface area contributed by atoms with Gasteiger partial charge >= 0.3 is 6.03 Å². The van der Waals surface area contributed by atoms with E-state index in [4.69, 9.17) is 4.74 Å². The van der Waals surface area contributed by atoms with Crippen molar-refractivity contribution in [2.45, 2.75) is 18.9 Å². The van der Waals surface area contributed by atoms with Gasteiger partial charge in [-0.3, -0.25) is 24.6 Å². The minimum Gasteiger partial charge on any atom is -0.496 e. The lowest BCUT2D eigenvalue weighted by molar-refractivity contribution is -0.384. The van der Waals surface area contributed by atoms with Crippen LogP contribution in [0.3, 0.4) is 0 Å². The van der Waals surface area contributed by atoms with Crippen LogP contribution in [0.15, 0.2) is 48.5 Å². The maximum atomic E-state index is 13.1. The van der Waals surface area contributed by atoms with Gasteiger partial charge in [-0.25, -0.2) is 4.79 Å². The van der Waals surface area contributed by atoms with E-state index < -0.39 is 34.9 Å². The standard InChI is InChI=1S/C20H20N4O6/c1-3-20(13-7-5-4-6-8-13)18(26)23(19(27)22-20)12-17(25)21-15-10-9-14(30-2)11-16(15)24(28)29/h4-11H,3,12H2,1-2H3,(H,21,25)(H,22,27)/t20-/m0/s1. The number of benzene rings is 2. The van der Waals surface area contributed by atoms with Crippen LogP contribution in [0.2, 0.25) is 0 Å². The number of imide groups is 1. The van der Waals surface area contributed by atoms with E-state index in [1.165, 1.54) is 25.3 Å². The highest BCUT2D eigenvalue weighted by atomic mass is 16.6. The Kier molecular flexibility index (Phi) is 5.67. The Hall–Kier alpha value is -3.95. The summed E-state index contributed by atoms with van der Waals surface area (Å²) < 4.78 is 4.96. The Bertz CT molecular complexity index is 1010. The molecule has 0 bridgehead atoms. The number of carbonyl (C=O) groups is 3. The number of anilines is 1. The van der Waals surface area contributed by atoms with Gasteiger partial charge in [0.1, 0.15) is 23.5 Å². The van der Waals surface area contributed by atoms with Gasteiger partial charge in [-0.15, -0.1) is 0 Å². The molecule has 4 amide bonds. The molecule has 30 heavy (non-hydrogen) atoms. The van der Waals surface area contributed by atoms with Crippen LogP contribution in [0.4, 0.5) is 16.2 Å². The third-order valence-electron chi connectivity index (χ3n) is 4.95. The monoisotopic (exact) mass is 412 g/mol. The molecule has 1 aliphatic rings. The topological polar surface area (TPSA) is 131 Å². The predicted molar refractivity (Wildman–Crippen MR) is 107 cm³/mol. The van der Waals surface area contributed by atoms with Crippen LogP contribution in [-0.2, 0) is 15.1 Å². The number of nitrogens with one attached hydrogen (secondary N) is 2. The van der Waals surface area contributed by atoms with Crippen LogP contribution < -0.4 is 15.4 Å². The first-order valence-electron chi connectivity index (χ1n) is 9.14. The zero-order valence-electron chi connectivity index (χ0n) is 16.4. The fourth-order valence-electron chi connectivity index (χ4n) is 3.36. The molecule has 2 N–H and O–H groups in total. The molecule has 1 fully saturated rings. The van der Waals surface area contributed by atoms with E-state index in [9.17, 15) is 24.5 Å². The van der Waals surface area contributed by atoms with Gasteiger partial charge in [-0.1, -0.05) is 37.3 Å². The SMILES string of the molecule is CC[C@@]1(c2ccccc2)NC(=O)N(CC(=O)Nc2ccc(OC)cc2[N+](=O)[O-])C1=O. The Morgan fingerprint density at radius 3 is 2.53 bits per heavy atom. The van der Waals surface area contributed by atoms with Crippen molar-refractivity contribution in [3.8, 4) is 5.75 Å². The normalized spacial score (nSPS) is 18.1. The van der Waals surface area contributed by atoms with Crippen LogP contribution in [0.25, 0.3) is 0 Å². The molecule has 1 heterocycles. The number of hydrogen-bond acceptors (Lipinski definition) is 6. The van der Waals surface area contributed by atoms with Gasteiger partial charge in [0, 0.05) is 0 Å². The molecule has 1 aliphatic heterocycles. The molecule has 0 radical (unpaired) electrons. The summed E-state index contributed by atoms with van der Waals surface area (Å²) in [5.41, 5.74) is -1.08. The van der Waals surface area contributed by atoms with Crippen molar-refractivity contribution in [2.24, 2.45) is 0 Å². The van der Waals surface area contributed by atoms with Crippen molar-refractivity contribution in [1.29, 1.82) is 0 Å². The van der Waals surface area contributed by atoms with Crippen molar-refractivity contribution in [3.63, 3.8) is 0 Å². The highest BCUT2D eigenvalue weighted by Gasteiger charge is 2.51. The van der Waals surface area contributed by atoms with Gasteiger partial charge in [0.05, 0.1) is 18.1 Å². The minimum atomic E-state index is -1.26. The predicted octanol–water partition coefficient (Wildman–Crippen LogP) is 2.40. The first kappa shape index (κ1) is 20.8. The molecule has 156 valence electrons. The summed E-state index contributed by atoms with van der Waals surface area (Å²) in [7, 11) is 1.36. The maximum absolute atomic E-state index is 13.1. The van der Waals surface area contributed by atoms with Gasteiger partial charge < -0.3 is 15.4 Å². The van der Waals surface area contributed by atoms with Gasteiger partial charge in [-0.05, 0) is 24.1 Å². The smallest absolute Gasteiger partial charge is 0.325 e. The molecule has 1 atom stereocenters. The number of nitro groups is 1. The van der Waals surface area contributed by atoms with Gasteiger partial charge in [0.2, 0.25) is 5.91 Å². The Labute approximate surface area is 172 Å². The lowest BCUT2D eigenvalue weighted by Gasteiger charge is -2.25. The Balaban J connectivity index is 1.80. The number of nitrogens with zero attached hydrogens (tertiary/aromatic N) is 2. The zero-order valence-corrected chi connectivity index (χ0v) is 16.4. The number of urea groups is 1. The van der Waals surface area contributed by atoms with Gasteiger partial charge in [0.25, 0.3) is 11.6 Å². The van der Waals surface area contributed by atoms with E-state index in [1.54, 1.807) is 37.3 Å². The van der Waals surface area contributed by atoms with Crippen LogP contribution in [0, 0.1) is 10.1 Å². The largest absolute Gasteiger partial charge is 0.496 e. The van der Waals surface area contributed by atoms with E-state index in [2.05, 4.69) is 10.6 Å². The third-order valence-corrected chi connectivity index (χ3v) is 4.95. The van der Waals surface area contributed by atoms with Crippen LogP contribution in [0.5, 0.6) is 5.75 Å². The fraction of sp³-hybridized carbons (Fsp3) is 0.250. The van der Waals surface area contributed by atoms with E-state index >= 15 is 0 Å². The second kappa shape index (κ2) is 8.19. The molecule has 1 saturated heterocycles. The number of amides is 4. The summed E-state index contributed by atoms with van der Waals surface area (Å²) in [6.45, 7) is 1.18. The second-order valence-corrected chi connectivity index (χ2v) is 6.63. The third kappa shape index (κ3) is 3.66. The summed E-state index contributed by atoms with van der Waals surface area (Å²) >= 11 is 0. The first-order valence-corrected chi connectivity index (χ1v) is 9.14. The summed E-state index contributed by atoms with van der Waals surface area (Å²) in [5.74, 6) is -1.04.